The van der Waals surface area contributed by atoms with E-state index in [0.717, 1.165) is 41.6 Å². The smallest absolute Gasteiger partial charge is 0.334 e. The number of methoxy groups -OCH3 is 2. The molecular weight excluding hydrogens is 284 g/mol. The van der Waals surface area contributed by atoms with E-state index in [9.17, 15) is 9.59 Å². The van der Waals surface area contributed by atoms with E-state index in [1.165, 1.54) is 14.2 Å². The third kappa shape index (κ3) is 1.69. The maximum absolute atomic E-state index is 12.4. The van der Waals surface area contributed by atoms with Crippen molar-refractivity contribution in [2.75, 3.05) is 27.4 Å². The first-order valence-corrected chi connectivity index (χ1v) is 7.88. The topological polar surface area (TPSA) is 61.8 Å². The average Bonchev–Trinajstić information content (AvgIpc) is 3.26. The third-order valence-electron chi connectivity index (χ3n) is 5.90. The van der Waals surface area contributed by atoms with Gasteiger partial charge in [0.15, 0.2) is 0 Å². The zero-order valence-electron chi connectivity index (χ0n) is 12.9. The SMILES string of the molecule is COC(=O)C1=C2COCC2=C(C(=O)OC)[C@H]2[C@@H]3CC[C@@H](C3)[C@@H]12. The van der Waals surface area contributed by atoms with Crippen LogP contribution in [0.2, 0.25) is 0 Å². The summed E-state index contributed by atoms with van der Waals surface area (Å²) in [5, 5.41) is 0. The van der Waals surface area contributed by atoms with Gasteiger partial charge in [0.05, 0.1) is 27.4 Å². The van der Waals surface area contributed by atoms with Crippen LogP contribution >= 0.6 is 0 Å². The van der Waals surface area contributed by atoms with Crippen molar-refractivity contribution < 1.29 is 23.8 Å². The Labute approximate surface area is 129 Å². The second kappa shape index (κ2) is 4.95. The molecule has 3 aliphatic carbocycles. The lowest BCUT2D eigenvalue weighted by Crippen LogP contribution is -2.36. The van der Waals surface area contributed by atoms with Gasteiger partial charge in [-0.2, -0.15) is 0 Å². The van der Waals surface area contributed by atoms with Crippen LogP contribution in [0.3, 0.4) is 0 Å². The molecule has 22 heavy (non-hydrogen) atoms. The number of esters is 2. The van der Waals surface area contributed by atoms with Crippen LogP contribution in [0.5, 0.6) is 0 Å². The molecule has 4 atom stereocenters. The minimum absolute atomic E-state index is 0.0979. The highest BCUT2D eigenvalue weighted by Gasteiger charge is 2.56. The van der Waals surface area contributed by atoms with Crippen molar-refractivity contribution >= 4 is 11.9 Å². The molecule has 1 aliphatic heterocycles. The first-order valence-electron chi connectivity index (χ1n) is 7.88. The van der Waals surface area contributed by atoms with Crippen LogP contribution in [0, 0.1) is 23.7 Å². The molecule has 0 N–H and O–H groups in total. The Morgan fingerprint density at radius 1 is 0.909 bits per heavy atom. The number of hydrogen-bond acceptors (Lipinski definition) is 5. The Morgan fingerprint density at radius 2 is 1.36 bits per heavy atom. The van der Waals surface area contributed by atoms with Gasteiger partial charge in [0.25, 0.3) is 0 Å². The Hall–Kier alpha value is -1.62. The number of hydrogen-bond donors (Lipinski definition) is 0. The molecule has 118 valence electrons. The van der Waals surface area contributed by atoms with E-state index in [2.05, 4.69) is 0 Å². The molecule has 0 spiro atoms. The first kappa shape index (κ1) is 14.0. The third-order valence-corrected chi connectivity index (χ3v) is 5.90. The maximum atomic E-state index is 12.4. The van der Waals surface area contributed by atoms with Crippen LogP contribution < -0.4 is 0 Å². The lowest BCUT2D eigenvalue weighted by molar-refractivity contribution is -0.139. The first-order chi connectivity index (χ1) is 10.7. The fourth-order valence-electron chi connectivity index (χ4n) is 5.17. The molecule has 2 saturated carbocycles. The fourth-order valence-corrected chi connectivity index (χ4v) is 5.17. The van der Waals surface area contributed by atoms with Gasteiger partial charge in [-0.3, -0.25) is 0 Å². The van der Waals surface area contributed by atoms with E-state index in [1.54, 1.807) is 0 Å². The van der Waals surface area contributed by atoms with Crippen LogP contribution in [0.25, 0.3) is 0 Å². The van der Waals surface area contributed by atoms with Crippen LogP contribution in [-0.4, -0.2) is 39.4 Å². The molecule has 5 heteroatoms. The molecular formula is C17H20O5. The molecule has 0 radical (unpaired) electrons. The molecule has 2 bridgehead atoms. The maximum Gasteiger partial charge on any atom is 0.334 e. The summed E-state index contributed by atoms with van der Waals surface area (Å²) in [4.78, 5) is 24.8. The molecule has 4 aliphatic rings. The van der Waals surface area contributed by atoms with E-state index in [4.69, 9.17) is 14.2 Å². The highest BCUT2D eigenvalue weighted by Crippen LogP contribution is 2.61. The Bertz CT molecular complexity index is 563. The highest BCUT2D eigenvalue weighted by molar-refractivity contribution is 5.97. The fraction of sp³-hybridized carbons (Fsp3) is 0.647. The Kier molecular flexibility index (Phi) is 3.15. The molecule has 5 nitrogen and oxygen atoms in total. The van der Waals surface area contributed by atoms with Gasteiger partial charge in [0, 0.05) is 23.0 Å². The Morgan fingerprint density at radius 3 is 1.77 bits per heavy atom. The lowest BCUT2D eigenvalue weighted by Gasteiger charge is -2.37. The van der Waals surface area contributed by atoms with Crippen LogP contribution in [-0.2, 0) is 23.8 Å². The average molecular weight is 304 g/mol. The molecule has 4 rings (SSSR count). The summed E-state index contributed by atoms with van der Waals surface area (Å²) in [6, 6.07) is 0. The number of carbonyl (C=O) groups excluding carboxylic acids is 2. The molecule has 1 saturated heterocycles. The summed E-state index contributed by atoms with van der Waals surface area (Å²) in [5.41, 5.74) is 3.28. The number of rotatable bonds is 2. The predicted molar refractivity (Wildman–Crippen MR) is 76.7 cm³/mol. The molecule has 3 fully saturated rings. The van der Waals surface area contributed by atoms with Gasteiger partial charge in [-0.15, -0.1) is 0 Å². The summed E-state index contributed by atoms with van der Waals surface area (Å²) in [7, 11) is 2.85. The number of carbonyl (C=O) groups is 2. The Balaban J connectivity index is 1.92. The van der Waals surface area contributed by atoms with Crippen LogP contribution in [0.1, 0.15) is 19.3 Å². The summed E-state index contributed by atoms with van der Waals surface area (Å²) in [6.45, 7) is 0.779. The zero-order valence-corrected chi connectivity index (χ0v) is 12.9. The van der Waals surface area contributed by atoms with Gasteiger partial charge < -0.3 is 14.2 Å². The molecule has 1 heterocycles. The largest absolute Gasteiger partial charge is 0.466 e. The molecule has 0 amide bonds. The summed E-state index contributed by atoms with van der Waals surface area (Å²) in [6.07, 6.45) is 3.35. The van der Waals surface area contributed by atoms with Gasteiger partial charge >= 0.3 is 11.9 Å². The van der Waals surface area contributed by atoms with Gasteiger partial charge in [-0.25, -0.2) is 9.59 Å². The van der Waals surface area contributed by atoms with Gasteiger partial charge in [-0.05, 0) is 42.2 Å². The van der Waals surface area contributed by atoms with Crippen molar-refractivity contribution in [2.45, 2.75) is 19.3 Å². The number of ether oxygens (including phenoxy) is 3. The number of fused-ring (bicyclic) bond motifs is 6. The summed E-state index contributed by atoms with van der Waals surface area (Å²) in [5.74, 6) is 0.618. The molecule has 0 aromatic heterocycles. The van der Waals surface area contributed by atoms with Crippen molar-refractivity contribution in [2.24, 2.45) is 23.7 Å². The van der Waals surface area contributed by atoms with Crippen molar-refractivity contribution in [3.05, 3.63) is 22.3 Å². The minimum atomic E-state index is -0.260. The van der Waals surface area contributed by atoms with E-state index in [-0.39, 0.29) is 23.8 Å². The zero-order chi connectivity index (χ0) is 15.4. The van der Waals surface area contributed by atoms with E-state index < -0.39 is 0 Å². The van der Waals surface area contributed by atoms with Crippen molar-refractivity contribution in [3.8, 4) is 0 Å². The van der Waals surface area contributed by atoms with Gasteiger partial charge in [-0.1, -0.05) is 0 Å². The standard InChI is InChI=1S/C17H20O5/c1-20-16(18)14-10-6-22-7-11(10)15(17(19)21-2)13-9-4-3-8(5-9)12(13)14/h8-9,12-13H,3-7H2,1-2H3/t8-,9+,12+,13-. The van der Waals surface area contributed by atoms with E-state index in [0.29, 0.717) is 25.0 Å². The second-order valence-corrected chi connectivity index (χ2v) is 6.65. The highest BCUT2D eigenvalue weighted by atomic mass is 16.5. The quantitative estimate of drug-likeness (QED) is 0.726. The normalized spacial score (nSPS) is 35.5. The van der Waals surface area contributed by atoms with Crippen LogP contribution in [0.4, 0.5) is 0 Å². The van der Waals surface area contributed by atoms with Gasteiger partial charge in [0.1, 0.15) is 0 Å². The monoisotopic (exact) mass is 304 g/mol. The van der Waals surface area contributed by atoms with E-state index in [1.807, 2.05) is 0 Å². The van der Waals surface area contributed by atoms with Crippen molar-refractivity contribution in [1.29, 1.82) is 0 Å². The lowest BCUT2D eigenvalue weighted by atomic mass is 9.65. The summed E-state index contributed by atoms with van der Waals surface area (Å²) >= 11 is 0. The predicted octanol–water partition coefficient (Wildman–Crippen LogP) is 1.63. The van der Waals surface area contributed by atoms with Crippen LogP contribution in [0.15, 0.2) is 22.3 Å². The minimum Gasteiger partial charge on any atom is -0.466 e. The molecule has 0 aromatic carbocycles. The van der Waals surface area contributed by atoms with E-state index >= 15 is 0 Å². The van der Waals surface area contributed by atoms with Gasteiger partial charge in [0.2, 0.25) is 0 Å². The second-order valence-electron chi connectivity index (χ2n) is 6.65. The van der Waals surface area contributed by atoms with Crippen molar-refractivity contribution in [1.82, 2.24) is 0 Å². The van der Waals surface area contributed by atoms with Crippen molar-refractivity contribution in [3.63, 3.8) is 0 Å². The summed E-state index contributed by atoms with van der Waals surface area (Å²) < 4.78 is 15.7. The molecule has 0 unspecified atom stereocenters. The molecule has 0 aromatic rings.